The topological polar surface area (TPSA) is 105 Å². The van der Waals surface area contributed by atoms with Crippen molar-refractivity contribution >= 4 is 18.0 Å². The van der Waals surface area contributed by atoms with Gasteiger partial charge in [-0.05, 0) is 57.6 Å². The van der Waals surface area contributed by atoms with Crippen molar-refractivity contribution in [1.82, 2.24) is 15.3 Å². The fraction of sp³-hybridized carbons (Fsp3) is 0.500. The number of aryl methyl sites for hydroxylation is 1. The molecule has 1 aromatic heterocycles. The molecular formula is C24H32N4O4. The summed E-state index contributed by atoms with van der Waals surface area (Å²) in [5.74, 6) is -0.437. The Morgan fingerprint density at radius 1 is 1.16 bits per heavy atom. The molecule has 2 N–H and O–H groups in total. The average molecular weight is 441 g/mol. The molecule has 0 saturated heterocycles. The van der Waals surface area contributed by atoms with Crippen molar-refractivity contribution in [1.29, 1.82) is 0 Å². The molecule has 0 saturated carbocycles. The standard InChI is InChI=1S/C24H32N4O4/c1-24(2,3)32-23(31)25-13-8-4-5-11-20-19(21(29)30)15-26-22(27-20)28-14-12-17-9-6-7-10-18(17)16-28/h6-7,9-10,15H,4-5,8,11-14,16H2,1-3H3,(H,25,31)(H,29,30). The second-order valence-electron chi connectivity index (χ2n) is 9.02. The number of carboxylic acids is 1. The van der Waals surface area contributed by atoms with Crippen molar-refractivity contribution in [2.24, 2.45) is 0 Å². The Labute approximate surface area is 189 Å². The van der Waals surface area contributed by atoms with E-state index in [9.17, 15) is 14.7 Å². The van der Waals surface area contributed by atoms with Crippen LogP contribution >= 0.6 is 0 Å². The molecule has 1 aliphatic rings. The molecule has 2 heterocycles. The van der Waals surface area contributed by atoms with Gasteiger partial charge in [-0.1, -0.05) is 30.7 Å². The number of rotatable bonds is 8. The number of ether oxygens (including phenoxy) is 1. The molecule has 8 nitrogen and oxygen atoms in total. The maximum absolute atomic E-state index is 11.7. The smallest absolute Gasteiger partial charge is 0.407 e. The number of carboxylic acid groups (broad SMARTS) is 1. The van der Waals surface area contributed by atoms with Crippen LogP contribution in [0.1, 0.15) is 67.2 Å². The molecule has 0 unspecified atom stereocenters. The van der Waals surface area contributed by atoms with E-state index in [1.807, 2.05) is 32.9 Å². The first-order chi connectivity index (χ1) is 15.2. The van der Waals surface area contributed by atoms with Crippen LogP contribution in [-0.2, 0) is 24.1 Å². The van der Waals surface area contributed by atoms with Crippen molar-refractivity contribution < 1.29 is 19.4 Å². The van der Waals surface area contributed by atoms with E-state index in [1.165, 1.54) is 17.3 Å². The summed E-state index contributed by atoms with van der Waals surface area (Å²) in [6.45, 7) is 7.52. The molecule has 0 bridgehead atoms. The zero-order valence-corrected chi connectivity index (χ0v) is 19.1. The third kappa shape index (κ3) is 6.67. The van der Waals surface area contributed by atoms with Crippen LogP contribution in [0.15, 0.2) is 30.5 Å². The van der Waals surface area contributed by atoms with Crippen molar-refractivity contribution in [3.63, 3.8) is 0 Å². The summed E-state index contributed by atoms with van der Waals surface area (Å²) < 4.78 is 5.21. The Morgan fingerprint density at radius 2 is 1.91 bits per heavy atom. The quantitative estimate of drug-likeness (QED) is 0.598. The number of hydrogen-bond acceptors (Lipinski definition) is 6. The molecule has 0 fully saturated rings. The monoisotopic (exact) mass is 440 g/mol. The largest absolute Gasteiger partial charge is 0.478 e. The predicted octanol–water partition coefficient (Wildman–Crippen LogP) is 3.98. The van der Waals surface area contributed by atoms with Gasteiger partial charge >= 0.3 is 12.1 Å². The Bertz CT molecular complexity index is 955. The lowest BCUT2D eigenvalue weighted by molar-refractivity contribution is 0.0526. The van der Waals surface area contributed by atoms with Crippen LogP contribution in [0.4, 0.5) is 10.7 Å². The van der Waals surface area contributed by atoms with Gasteiger partial charge in [-0.2, -0.15) is 0 Å². The molecule has 1 aliphatic heterocycles. The number of hydrogen-bond donors (Lipinski definition) is 2. The van der Waals surface area contributed by atoms with Crippen LogP contribution in [0.5, 0.6) is 0 Å². The maximum Gasteiger partial charge on any atom is 0.407 e. The van der Waals surface area contributed by atoms with E-state index in [4.69, 9.17) is 4.74 Å². The van der Waals surface area contributed by atoms with Crippen molar-refractivity contribution in [2.45, 2.75) is 65.0 Å². The van der Waals surface area contributed by atoms with Crippen molar-refractivity contribution in [2.75, 3.05) is 18.0 Å². The molecule has 0 aliphatic carbocycles. The number of unbranched alkanes of at least 4 members (excludes halogenated alkanes) is 2. The number of aromatic carboxylic acids is 1. The summed E-state index contributed by atoms with van der Waals surface area (Å²) in [6.07, 6.45) is 4.86. The molecule has 0 atom stereocenters. The fourth-order valence-corrected chi connectivity index (χ4v) is 3.69. The van der Waals surface area contributed by atoms with Gasteiger partial charge in [-0.25, -0.2) is 19.6 Å². The summed E-state index contributed by atoms with van der Waals surface area (Å²) in [5.41, 5.74) is 2.78. The number of amides is 1. The normalized spacial score (nSPS) is 13.4. The molecule has 1 aromatic carbocycles. The van der Waals surface area contributed by atoms with Crippen molar-refractivity contribution in [3.8, 4) is 0 Å². The second kappa shape index (κ2) is 10.4. The van der Waals surface area contributed by atoms with E-state index in [0.717, 1.165) is 38.8 Å². The zero-order valence-electron chi connectivity index (χ0n) is 19.1. The Balaban J connectivity index is 1.54. The number of carbonyl (C=O) groups is 2. The lowest BCUT2D eigenvalue weighted by atomic mass is 10.0. The first-order valence-electron chi connectivity index (χ1n) is 11.1. The van der Waals surface area contributed by atoms with Gasteiger partial charge in [0.25, 0.3) is 0 Å². The van der Waals surface area contributed by atoms with E-state index >= 15 is 0 Å². The maximum atomic E-state index is 11.7. The highest BCUT2D eigenvalue weighted by Gasteiger charge is 2.21. The van der Waals surface area contributed by atoms with Gasteiger partial charge in [0.15, 0.2) is 0 Å². The summed E-state index contributed by atoms with van der Waals surface area (Å²) in [7, 11) is 0. The van der Waals surface area contributed by atoms with E-state index < -0.39 is 17.7 Å². The Kier molecular flexibility index (Phi) is 7.66. The third-order valence-corrected chi connectivity index (χ3v) is 5.26. The molecule has 8 heteroatoms. The van der Waals surface area contributed by atoms with Crippen LogP contribution in [0.3, 0.4) is 0 Å². The highest BCUT2D eigenvalue weighted by molar-refractivity contribution is 5.88. The molecule has 172 valence electrons. The molecule has 0 spiro atoms. The predicted molar refractivity (Wildman–Crippen MR) is 122 cm³/mol. The summed E-state index contributed by atoms with van der Waals surface area (Å²) in [6, 6.07) is 8.33. The minimum Gasteiger partial charge on any atom is -0.478 e. The highest BCUT2D eigenvalue weighted by atomic mass is 16.6. The number of fused-ring (bicyclic) bond motifs is 1. The molecule has 3 rings (SSSR count). The van der Waals surface area contributed by atoms with Crippen LogP contribution in [0.25, 0.3) is 0 Å². The van der Waals surface area contributed by atoms with E-state index in [2.05, 4.69) is 32.3 Å². The number of aromatic nitrogens is 2. The summed E-state index contributed by atoms with van der Waals surface area (Å²) in [5, 5.41) is 12.3. The number of benzene rings is 1. The van der Waals surface area contributed by atoms with E-state index in [-0.39, 0.29) is 5.56 Å². The van der Waals surface area contributed by atoms with Gasteiger partial charge in [0.05, 0.1) is 11.3 Å². The minimum atomic E-state index is -1.01. The van der Waals surface area contributed by atoms with Crippen LogP contribution in [0.2, 0.25) is 0 Å². The third-order valence-electron chi connectivity index (χ3n) is 5.26. The second-order valence-corrected chi connectivity index (χ2v) is 9.02. The minimum absolute atomic E-state index is 0.151. The lowest BCUT2D eigenvalue weighted by Crippen LogP contribution is -2.33. The van der Waals surface area contributed by atoms with Gasteiger partial charge in [0.1, 0.15) is 5.60 Å². The van der Waals surface area contributed by atoms with Crippen LogP contribution in [0, 0.1) is 0 Å². The number of alkyl carbamates (subject to hydrolysis) is 1. The summed E-state index contributed by atoms with van der Waals surface area (Å²) >= 11 is 0. The van der Waals surface area contributed by atoms with Crippen LogP contribution < -0.4 is 10.2 Å². The van der Waals surface area contributed by atoms with Gasteiger partial charge in [0.2, 0.25) is 5.95 Å². The van der Waals surface area contributed by atoms with E-state index in [0.29, 0.717) is 24.6 Å². The SMILES string of the molecule is CC(C)(C)OC(=O)NCCCCCc1nc(N2CCc3ccccc3C2)ncc1C(=O)O. The number of nitrogens with one attached hydrogen (secondary N) is 1. The van der Waals surface area contributed by atoms with Gasteiger partial charge in [-0.3, -0.25) is 0 Å². The van der Waals surface area contributed by atoms with Crippen LogP contribution in [-0.4, -0.2) is 45.8 Å². The van der Waals surface area contributed by atoms with Gasteiger partial charge in [0, 0.05) is 25.8 Å². The first kappa shape index (κ1) is 23.5. The molecule has 1 amide bonds. The molecule has 0 radical (unpaired) electrons. The summed E-state index contributed by atoms with van der Waals surface area (Å²) in [4.78, 5) is 34.4. The van der Waals surface area contributed by atoms with Crippen molar-refractivity contribution in [3.05, 3.63) is 52.8 Å². The van der Waals surface area contributed by atoms with Gasteiger partial charge < -0.3 is 20.1 Å². The number of nitrogens with zero attached hydrogens (tertiary/aromatic N) is 3. The molecule has 32 heavy (non-hydrogen) atoms. The fourth-order valence-electron chi connectivity index (χ4n) is 3.69. The highest BCUT2D eigenvalue weighted by Crippen LogP contribution is 2.23. The number of anilines is 1. The molecule has 2 aromatic rings. The molecular weight excluding hydrogens is 408 g/mol. The first-order valence-corrected chi connectivity index (χ1v) is 11.1. The van der Waals surface area contributed by atoms with Gasteiger partial charge in [-0.15, -0.1) is 0 Å². The average Bonchev–Trinajstić information content (AvgIpc) is 2.74. The lowest BCUT2D eigenvalue weighted by Gasteiger charge is -2.29. The Morgan fingerprint density at radius 3 is 2.62 bits per heavy atom. The Hall–Kier alpha value is -3.16. The number of carbonyl (C=O) groups excluding carboxylic acids is 1. The van der Waals surface area contributed by atoms with E-state index in [1.54, 1.807) is 0 Å². The zero-order chi connectivity index (χ0) is 23.1.